The Labute approximate surface area is 181 Å². The van der Waals surface area contributed by atoms with E-state index in [1.54, 1.807) is 36.7 Å². The van der Waals surface area contributed by atoms with E-state index >= 15 is 0 Å². The normalized spacial score (nSPS) is 10.7. The molecule has 0 fully saturated rings. The number of nitrogens with one attached hydrogen (secondary N) is 1. The number of aromatic nitrogens is 2. The molecule has 162 valence electrons. The maximum atomic E-state index is 13.6. The topological polar surface area (TPSA) is 73.2 Å². The van der Waals surface area contributed by atoms with Crippen LogP contribution in [0.15, 0.2) is 48.5 Å². The number of carbonyl (C=O) groups excluding carboxylic acids is 2. The van der Waals surface area contributed by atoms with Crippen LogP contribution in [0.1, 0.15) is 38.4 Å². The highest BCUT2D eigenvalue weighted by Crippen LogP contribution is 2.16. The molecule has 0 saturated heterocycles. The van der Waals surface area contributed by atoms with E-state index in [0.717, 1.165) is 5.56 Å². The number of hydrogen-bond donors (Lipinski definition) is 1. The summed E-state index contributed by atoms with van der Waals surface area (Å²) < 4.78 is 20.5. The first-order chi connectivity index (χ1) is 14.8. The van der Waals surface area contributed by atoms with Crippen LogP contribution in [0.25, 0.3) is 0 Å². The predicted molar refractivity (Wildman–Crippen MR) is 115 cm³/mol. The lowest BCUT2D eigenvalue weighted by Crippen LogP contribution is -2.30. The molecule has 1 N–H and O–H groups in total. The van der Waals surface area contributed by atoms with Crippen molar-refractivity contribution in [1.29, 1.82) is 0 Å². The van der Waals surface area contributed by atoms with Crippen molar-refractivity contribution < 1.29 is 18.7 Å². The van der Waals surface area contributed by atoms with E-state index in [2.05, 4.69) is 10.4 Å². The molecule has 3 rings (SSSR count). The molecular weight excluding hydrogens is 397 g/mol. The second-order valence-corrected chi connectivity index (χ2v) is 7.46. The van der Waals surface area contributed by atoms with Gasteiger partial charge in [-0.1, -0.05) is 48.0 Å². The fourth-order valence-electron chi connectivity index (χ4n) is 3.30. The molecule has 0 unspecified atom stereocenters. The van der Waals surface area contributed by atoms with Gasteiger partial charge in [0.2, 0.25) is 0 Å². The molecule has 0 aliphatic heterocycles. The summed E-state index contributed by atoms with van der Waals surface area (Å²) in [6.07, 6.45) is 0.357. The number of halogens is 1. The minimum absolute atomic E-state index is 0.254. The summed E-state index contributed by atoms with van der Waals surface area (Å²) in [6, 6.07) is 14.5. The van der Waals surface area contributed by atoms with Gasteiger partial charge in [0.05, 0.1) is 17.9 Å². The van der Waals surface area contributed by atoms with E-state index in [1.165, 1.54) is 11.6 Å². The average Bonchev–Trinajstić information content (AvgIpc) is 3.02. The Balaban J connectivity index is 1.53. The van der Waals surface area contributed by atoms with Crippen molar-refractivity contribution >= 4 is 11.9 Å². The molecule has 0 atom stereocenters. The van der Waals surface area contributed by atoms with Crippen LogP contribution in [0.2, 0.25) is 0 Å². The number of amides is 1. The van der Waals surface area contributed by atoms with Gasteiger partial charge in [0.25, 0.3) is 5.91 Å². The molecule has 31 heavy (non-hydrogen) atoms. The quantitative estimate of drug-likeness (QED) is 0.563. The summed E-state index contributed by atoms with van der Waals surface area (Å²) >= 11 is 0. The Kier molecular flexibility index (Phi) is 7.18. The summed E-state index contributed by atoms with van der Waals surface area (Å²) in [4.78, 5) is 24.5. The van der Waals surface area contributed by atoms with Crippen molar-refractivity contribution in [2.24, 2.45) is 0 Å². The number of carbonyl (C=O) groups is 2. The van der Waals surface area contributed by atoms with E-state index in [1.807, 2.05) is 31.2 Å². The third-order valence-electron chi connectivity index (χ3n) is 5.05. The first-order valence-corrected chi connectivity index (χ1v) is 10.1. The van der Waals surface area contributed by atoms with Gasteiger partial charge in [-0.3, -0.25) is 9.48 Å². The summed E-state index contributed by atoms with van der Waals surface area (Å²) in [7, 11) is 0. The number of hydrogen-bond acceptors (Lipinski definition) is 4. The Morgan fingerprint density at radius 1 is 1.06 bits per heavy atom. The van der Waals surface area contributed by atoms with Crippen LogP contribution in [0.4, 0.5) is 4.39 Å². The minimum atomic E-state index is -0.589. The Bertz CT molecular complexity index is 1070. The molecular formula is C24H26FN3O3. The molecule has 0 saturated carbocycles. The van der Waals surface area contributed by atoms with Crippen molar-refractivity contribution in [1.82, 2.24) is 15.1 Å². The van der Waals surface area contributed by atoms with Crippen molar-refractivity contribution in [2.45, 2.75) is 33.7 Å². The lowest BCUT2D eigenvalue weighted by molar-refractivity contribution is -0.124. The lowest BCUT2D eigenvalue weighted by atomic mass is 10.1. The third kappa shape index (κ3) is 5.78. The largest absolute Gasteiger partial charge is 0.452 e. The third-order valence-corrected chi connectivity index (χ3v) is 5.05. The van der Waals surface area contributed by atoms with Gasteiger partial charge in [0.15, 0.2) is 6.61 Å². The number of benzene rings is 2. The number of esters is 1. The molecule has 6 nitrogen and oxygen atoms in total. The number of rotatable bonds is 8. The van der Waals surface area contributed by atoms with Gasteiger partial charge >= 0.3 is 5.97 Å². The Hall–Kier alpha value is -3.48. The average molecular weight is 423 g/mol. The zero-order chi connectivity index (χ0) is 22.4. The smallest absolute Gasteiger partial charge is 0.342 e. The van der Waals surface area contributed by atoms with Gasteiger partial charge in [0, 0.05) is 6.54 Å². The van der Waals surface area contributed by atoms with Crippen molar-refractivity contribution in [3.8, 4) is 0 Å². The monoisotopic (exact) mass is 423 g/mol. The zero-order valence-corrected chi connectivity index (χ0v) is 17.9. The van der Waals surface area contributed by atoms with Crippen LogP contribution in [0, 0.1) is 26.6 Å². The number of aryl methyl sites for hydroxylation is 2. The highest BCUT2D eigenvalue weighted by molar-refractivity contribution is 5.93. The van der Waals surface area contributed by atoms with Crippen LogP contribution in [-0.4, -0.2) is 34.8 Å². The first kappa shape index (κ1) is 22.2. The van der Waals surface area contributed by atoms with E-state index < -0.39 is 18.5 Å². The molecule has 0 radical (unpaired) electrons. The summed E-state index contributed by atoms with van der Waals surface area (Å²) in [5, 5.41) is 7.08. The van der Waals surface area contributed by atoms with Crippen LogP contribution in [0.3, 0.4) is 0 Å². The molecule has 1 aromatic heterocycles. The first-order valence-electron chi connectivity index (χ1n) is 10.1. The van der Waals surface area contributed by atoms with Gasteiger partial charge < -0.3 is 10.1 Å². The fraction of sp³-hybridized carbons (Fsp3) is 0.292. The predicted octanol–water partition coefficient (Wildman–Crippen LogP) is 3.51. The molecule has 1 amide bonds. The van der Waals surface area contributed by atoms with Gasteiger partial charge in [-0.2, -0.15) is 5.10 Å². The van der Waals surface area contributed by atoms with E-state index in [-0.39, 0.29) is 12.4 Å². The highest BCUT2D eigenvalue weighted by Gasteiger charge is 2.21. The molecule has 7 heteroatoms. The van der Waals surface area contributed by atoms with Crippen LogP contribution in [0.5, 0.6) is 0 Å². The van der Waals surface area contributed by atoms with Gasteiger partial charge in [-0.15, -0.1) is 0 Å². The van der Waals surface area contributed by atoms with Crippen LogP contribution in [-0.2, 0) is 22.5 Å². The summed E-state index contributed by atoms with van der Waals surface area (Å²) in [5.74, 6) is -1.33. The summed E-state index contributed by atoms with van der Waals surface area (Å²) in [6.45, 7) is 5.96. The second kappa shape index (κ2) is 10.0. The molecule has 2 aromatic carbocycles. The maximum Gasteiger partial charge on any atom is 0.342 e. The number of nitrogens with zero attached hydrogens (tertiary/aromatic N) is 2. The summed E-state index contributed by atoms with van der Waals surface area (Å²) in [5.41, 5.74) is 4.37. The number of ether oxygens (including phenoxy) is 1. The van der Waals surface area contributed by atoms with Crippen LogP contribution >= 0.6 is 0 Å². The van der Waals surface area contributed by atoms with Gasteiger partial charge in [-0.25, -0.2) is 9.18 Å². The van der Waals surface area contributed by atoms with E-state index in [0.29, 0.717) is 35.5 Å². The van der Waals surface area contributed by atoms with Gasteiger partial charge in [0.1, 0.15) is 11.4 Å². The Morgan fingerprint density at radius 2 is 1.77 bits per heavy atom. The molecule has 0 aliphatic carbocycles. The highest BCUT2D eigenvalue weighted by atomic mass is 19.1. The van der Waals surface area contributed by atoms with Crippen molar-refractivity contribution in [3.05, 3.63) is 88.0 Å². The lowest BCUT2D eigenvalue weighted by Gasteiger charge is -2.08. The second-order valence-electron chi connectivity index (χ2n) is 7.46. The zero-order valence-electron chi connectivity index (χ0n) is 17.9. The van der Waals surface area contributed by atoms with Crippen molar-refractivity contribution in [3.63, 3.8) is 0 Å². The maximum absolute atomic E-state index is 13.6. The SMILES string of the molecule is Cc1ccc(Cn2nc(C)c(C(=O)OCC(=O)NCCc3ccccc3F)c2C)cc1. The molecule has 0 bridgehead atoms. The fourth-order valence-corrected chi connectivity index (χ4v) is 3.30. The minimum Gasteiger partial charge on any atom is -0.452 e. The molecule has 3 aromatic rings. The van der Waals surface area contributed by atoms with E-state index in [9.17, 15) is 14.0 Å². The van der Waals surface area contributed by atoms with Gasteiger partial charge in [-0.05, 0) is 44.4 Å². The van der Waals surface area contributed by atoms with Crippen LogP contribution < -0.4 is 5.32 Å². The molecule has 0 spiro atoms. The van der Waals surface area contributed by atoms with E-state index in [4.69, 9.17) is 4.74 Å². The van der Waals surface area contributed by atoms with Crippen molar-refractivity contribution in [2.75, 3.05) is 13.2 Å². The molecule has 0 aliphatic rings. The standard InChI is InChI=1S/C24H26FN3O3/c1-16-8-10-19(11-9-16)14-28-18(3)23(17(2)27-28)24(30)31-15-22(29)26-13-12-20-6-4-5-7-21(20)25/h4-11H,12-15H2,1-3H3,(H,26,29). The molecule has 1 heterocycles. The Morgan fingerprint density at radius 3 is 2.48 bits per heavy atom.